The summed E-state index contributed by atoms with van der Waals surface area (Å²) in [5, 5.41) is 11.0. The lowest BCUT2D eigenvalue weighted by atomic mass is 9.63. The number of hydrogen-bond acceptors (Lipinski definition) is 1. The summed E-state index contributed by atoms with van der Waals surface area (Å²) in [6.45, 7) is 4.58. The Hall–Kier alpha value is -0.0400. The summed E-state index contributed by atoms with van der Waals surface area (Å²) in [6.07, 6.45) is 11.5. The zero-order valence-corrected chi connectivity index (χ0v) is 11.0. The molecule has 16 heavy (non-hydrogen) atoms. The second-order valence-electron chi connectivity index (χ2n) is 6.28. The zero-order chi connectivity index (χ0) is 11.6. The highest BCUT2D eigenvalue weighted by atomic mass is 16.3. The van der Waals surface area contributed by atoms with Crippen molar-refractivity contribution in [2.24, 2.45) is 17.8 Å². The number of hydrogen-bond donors (Lipinski definition) is 1. The molecule has 0 bridgehead atoms. The normalized spacial score (nSPS) is 45.6. The molecule has 0 aromatic carbocycles. The van der Waals surface area contributed by atoms with E-state index in [-0.39, 0.29) is 5.60 Å². The quantitative estimate of drug-likeness (QED) is 0.747. The Morgan fingerprint density at radius 2 is 1.94 bits per heavy atom. The summed E-state index contributed by atoms with van der Waals surface area (Å²) in [6, 6.07) is 0. The van der Waals surface area contributed by atoms with Gasteiger partial charge in [0.15, 0.2) is 0 Å². The predicted octanol–water partition coefficient (Wildman–Crippen LogP) is 4.14. The molecule has 0 saturated heterocycles. The minimum atomic E-state index is -0.313. The Morgan fingerprint density at radius 1 is 1.12 bits per heavy atom. The van der Waals surface area contributed by atoms with E-state index in [2.05, 4.69) is 13.8 Å². The van der Waals surface area contributed by atoms with Gasteiger partial charge in [0.2, 0.25) is 0 Å². The maximum Gasteiger partial charge on any atom is 0.0701 e. The molecule has 2 aliphatic carbocycles. The van der Waals surface area contributed by atoms with Crippen LogP contribution in [-0.2, 0) is 0 Å². The van der Waals surface area contributed by atoms with Crippen LogP contribution in [0.2, 0.25) is 0 Å². The fourth-order valence-corrected chi connectivity index (χ4v) is 4.08. The fraction of sp³-hybridized carbons (Fsp3) is 1.00. The first-order chi connectivity index (χ1) is 7.66. The molecule has 4 unspecified atom stereocenters. The molecule has 1 heteroatoms. The Bertz CT molecular complexity index is 225. The van der Waals surface area contributed by atoms with Crippen molar-refractivity contribution in [1.82, 2.24) is 0 Å². The van der Waals surface area contributed by atoms with Gasteiger partial charge in [-0.1, -0.05) is 46.0 Å². The van der Waals surface area contributed by atoms with Gasteiger partial charge in [0.1, 0.15) is 0 Å². The third-order valence-electron chi connectivity index (χ3n) is 5.38. The molecular weight excluding hydrogens is 196 g/mol. The second kappa shape index (κ2) is 5.08. The predicted molar refractivity (Wildman–Crippen MR) is 68.3 cm³/mol. The molecule has 0 aliphatic heterocycles. The molecule has 0 aromatic rings. The van der Waals surface area contributed by atoms with Gasteiger partial charge < -0.3 is 5.11 Å². The summed E-state index contributed by atoms with van der Waals surface area (Å²) < 4.78 is 0. The topological polar surface area (TPSA) is 20.2 Å². The molecule has 0 heterocycles. The van der Waals surface area contributed by atoms with E-state index in [0.717, 1.165) is 12.3 Å². The molecule has 0 aromatic heterocycles. The summed E-state index contributed by atoms with van der Waals surface area (Å²) in [7, 11) is 0. The lowest BCUT2D eigenvalue weighted by Crippen LogP contribution is -2.47. The van der Waals surface area contributed by atoms with Crippen molar-refractivity contribution in [3.8, 4) is 0 Å². The minimum Gasteiger partial charge on any atom is -0.389 e. The van der Waals surface area contributed by atoms with E-state index < -0.39 is 0 Å². The molecule has 0 amide bonds. The number of aliphatic hydroxyl groups is 1. The molecular formula is C15H28O. The van der Waals surface area contributed by atoms with Crippen molar-refractivity contribution in [3.05, 3.63) is 0 Å². The monoisotopic (exact) mass is 224 g/mol. The van der Waals surface area contributed by atoms with Crippen LogP contribution < -0.4 is 0 Å². The van der Waals surface area contributed by atoms with Crippen LogP contribution >= 0.6 is 0 Å². The van der Waals surface area contributed by atoms with Crippen LogP contribution in [0.25, 0.3) is 0 Å². The maximum absolute atomic E-state index is 11.0. The van der Waals surface area contributed by atoms with Crippen LogP contribution in [0, 0.1) is 17.8 Å². The van der Waals surface area contributed by atoms with E-state index in [1.54, 1.807) is 0 Å². The lowest BCUT2D eigenvalue weighted by molar-refractivity contribution is -0.104. The van der Waals surface area contributed by atoms with E-state index >= 15 is 0 Å². The van der Waals surface area contributed by atoms with Crippen LogP contribution in [0.4, 0.5) is 0 Å². The van der Waals surface area contributed by atoms with Crippen molar-refractivity contribution in [3.63, 3.8) is 0 Å². The summed E-state index contributed by atoms with van der Waals surface area (Å²) in [5.74, 6) is 2.01. The molecule has 2 rings (SSSR count). The second-order valence-corrected chi connectivity index (χ2v) is 6.28. The van der Waals surface area contributed by atoms with Gasteiger partial charge in [-0.25, -0.2) is 0 Å². The van der Waals surface area contributed by atoms with Gasteiger partial charge in [-0.05, 0) is 43.4 Å². The molecule has 2 fully saturated rings. The fourth-order valence-electron chi connectivity index (χ4n) is 4.08. The molecule has 2 saturated carbocycles. The molecule has 94 valence electrons. The smallest absolute Gasteiger partial charge is 0.0701 e. The van der Waals surface area contributed by atoms with Crippen LogP contribution in [0.1, 0.15) is 71.6 Å². The van der Waals surface area contributed by atoms with Gasteiger partial charge in [0, 0.05) is 0 Å². The highest BCUT2D eigenvalue weighted by Crippen LogP contribution is 2.46. The Morgan fingerprint density at radius 3 is 2.62 bits per heavy atom. The van der Waals surface area contributed by atoms with Crippen LogP contribution in [0.3, 0.4) is 0 Å². The summed E-state index contributed by atoms with van der Waals surface area (Å²) in [5.41, 5.74) is -0.313. The Kier molecular flexibility index (Phi) is 3.94. The van der Waals surface area contributed by atoms with Crippen molar-refractivity contribution in [2.75, 3.05) is 0 Å². The van der Waals surface area contributed by atoms with Crippen LogP contribution in [0.5, 0.6) is 0 Å². The van der Waals surface area contributed by atoms with Gasteiger partial charge in [-0.2, -0.15) is 0 Å². The lowest BCUT2D eigenvalue weighted by Gasteiger charge is -2.47. The average molecular weight is 224 g/mol. The molecule has 1 nitrogen and oxygen atoms in total. The molecule has 0 spiro atoms. The molecule has 1 N–H and O–H groups in total. The van der Waals surface area contributed by atoms with Crippen molar-refractivity contribution < 1.29 is 5.11 Å². The van der Waals surface area contributed by atoms with Gasteiger partial charge >= 0.3 is 0 Å². The summed E-state index contributed by atoms with van der Waals surface area (Å²) >= 11 is 0. The van der Waals surface area contributed by atoms with Crippen molar-refractivity contribution in [2.45, 2.75) is 77.2 Å². The maximum atomic E-state index is 11.0. The first-order valence-electron chi connectivity index (χ1n) is 7.39. The van der Waals surface area contributed by atoms with Gasteiger partial charge in [0.05, 0.1) is 5.60 Å². The van der Waals surface area contributed by atoms with E-state index in [0.29, 0.717) is 11.8 Å². The molecule has 4 atom stereocenters. The summed E-state index contributed by atoms with van der Waals surface area (Å²) in [4.78, 5) is 0. The first-order valence-corrected chi connectivity index (χ1v) is 7.39. The molecule has 2 aliphatic rings. The number of rotatable bonds is 2. The van der Waals surface area contributed by atoms with Crippen LogP contribution in [-0.4, -0.2) is 10.7 Å². The van der Waals surface area contributed by atoms with Crippen molar-refractivity contribution >= 4 is 0 Å². The average Bonchev–Trinajstić information content (AvgIpc) is 2.33. The Labute approximate surface area is 101 Å². The van der Waals surface area contributed by atoms with Crippen molar-refractivity contribution in [1.29, 1.82) is 0 Å². The van der Waals surface area contributed by atoms with Gasteiger partial charge in [-0.3, -0.25) is 0 Å². The van der Waals surface area contributed by atoms with E-state index in [1.165, 1.54) is 51.4 Å². The standard InChI is InChI=1S/C15H28O/c1-3-13-8-6-9-14(11-13)15(16)10-5-4-7-12(15)2/h12-14,16H,3-11H2,1-2H3. The first kappa shape index (κ1) is 12.4. The largest absolute Gasteiger partial charge is 0.389 e. The SMILES string of the molecule is CCC1CCCC(C2(O)CCCCC2C)C1. The highest BCUT2D eigenvalue weighted by molar-refractivity contribution is 4.95. The highest BCUT2D eigenvalue weighted by Gasteiger charge is 2.44. The molecule has 0 radical (unpaired) electrons. The third-order valence-corrected chi connectivity index (χ3v) is 5.38. The van der Waals surface area contributed by atoms with E-state index in [1.807, 2.05) is 0 Å². The van der Waals surface area contributed by atoms with E-state index in [4.69, 9.17) is 0 Å². The van der Waals surface area contributed by atoms with E-state index in [9.17, 15) is 5.11 Å². The van der Waals surface area contributed by atoms with Gasteiger partial charge in [0.25, 0.3) is 0 Å². The van der Waals surface area contributed by atoms with Gasteiger partial charge in [-0.15, -0.1) is 0 Å². The third kappa shape index (κ3) is 2.30. The minimum absolute atomic E-state index is 0.313. The zero-order valence-electron chi connectivity index (χ0n) is 11.0. The Balaban J connectivity index is 2.03. The van der Waals surface area contributed by atoms with Crippen LogP contribution in [0.15, 0.2) is 0 Å².